The molecule has 6 heteroatoms. The van der Waals surface area contributed by atoms with Crippen LogP contribution in [0.25, 0.3) is 0 Å². The summed E-state index contributed by atoms with van der Waals surface area (Å²) in [7, 11) is 3.04. The largest absolute Gasteiger partial charge is 0.497 e. The van der Waals surface area contributed by atoms with Crippen molar-refractivity contribution in [1.29, 1.82) is 0 Å². The van der Waals surface area contributed by atoms with E-state index in [1.807, 2.05) is 0 Å². The average Bonchev–Trinajstić information content (AvgIpc) is 2.85. The van der Waals surface area contributed by atoms with Crippen molar-refractivity contribution in [1.82, 2.24) is 5.32 Å². The minimum atomic E-state index is -0.571. The summed E-state index contributed by atoms with van der Waals surface area (Å²) in [5, 5.41) is 21.8. The van der Waals surface area contributed by atoms with Crippen LogP contribution in [0.4, 0.5) is 0 Å². The molecule has 1 aromatic rings. The first-order valence-corrected chi connectivity index (χ1v) is 6.90. The van der Waals surface area contributed by atoms with Crippen molar-refractivity contribution < 1.29 is 24.5 Å². The van der Waals surface area contributed by atoms with E-state index in [0.717, 1.165) is 0 Å². The van der Waals surface area contributed by atoms with Gasteiger partial charge in [-0.3, -0.25) is 4.79 Å². The van der Waals surface area contributed by atoms with Crippen LogP contribution in [-0.4, -0.2) is 49.1 Å². The summed E-state index contributed by atoms with van der Waals surface area (Å²) < 4.78 is 10.3. The van der Waals surface area contributed by atoms with Gasteiger partial charge in [0.25, 0.3) is 5.91 Å². The lowest BCUT2D eigenvalue weighted by Crippen LogP contribution is -2.33. The molecule has 116 valence electrons. The van der Waals surface area contributed by atoms with Gasteiger partial charge in [0.15, 0.2) is 0 Å². The van der Waals surface area contributed by atoms with E-state index in [1.54, 1.807) is 25.3 Å². The summed E-state index contributed by atoms with van der Waals surface area (Å²) in [5.41, 5.74) is 0.417. The predicted molar refractivity (Wildman–Crippen MR) is 76.6 cm³/mol. The Morgan fingerprint density at radius 3 is 2.67 bits per heavy atom. The van der Waals surface area contributed by atoms with Crippen LogP contribution >= 0.6 is 0 Å². The van der Waals surface area contributed by atoms with E-state index in [0.29, 0.717) is 29.9 Å². The molecule has 2 rings (SSSR count). The second-order valence-corrected chi connectivity index (χ2v) is 5.22. The Labute approximate surface area is 123 Å². The molecule has 1 aromatic carbocycles. The average molecular weight is 295 g/mol. The third kappa shape index (κ3) is 3.46. The third-order valence-corrected chi connectivity index (χ3v) is 3.88. The maximum absolute atomic E-state index is 12.3. The number of rotatable bonds is 5. The highest BCUT2D eigenvalue weighted by molar-refractivity contribution is 5.97. The van der Waals surface area contributed by atoms with Crippen LogP contribution in [0.2, 0.25) is 0 Å². The summed E-state index contributed by atoms with van der Waals surface area (Å²) in [6.07, 6.45) is 0.454. The zero-order valence-electron chi connectivity index (χ0n) is 12.2. The van der Waals surface area contributed by atoms with Gasteiger partial charge >= 0.3 is 0 Å². The number of aliphatic hydroxyl groups is 2. The van der Waals surface area contributed by atoms with Gasteiger partial charge < -0.3 is 25.0 Å². The lowest BCUT2D eigenvalue weighted by molar-refractivity contribution is 0.0903. The maximum Gasteiger partial charge on any atom is 0.255 e. The van der Waals surface area contributed by atoms with Crippen LogP contribution in [-0.2, 0) is 0 Å². The number of nitrogens with one attached hydrogen (secondary N) is 1. The molecule has 1 saturated carbocycles. The normalized spacial score (nSPS) is 24.7. The molecule has 0 unspecified atom stereocenters. The lowest BCUT2D eigenvalue weighted by Gasteiger charge is -2.15. The number of carbonyl (C=O) groups is 1. The summed E-state index contributed by atoms with van der Waals surface area (Å²) >= 11 is 0. The van der Waals surface area contributed by atoms with Gasteiger partial charge in [0.2, 0.25) is 0 Å². The number of amides is 1. The molecule has 0 aliphatic heterocycles. The zero-order chi connectivity index (χ0) is 15.4. The Kier molecular flexibility index (Phi) is 5.03. The van der Waals surface area contributed by atoms with Crippen molar-refractivity contribution in [2.24, 2.45) is 5.92 Å². The monoisotopic (exact) mass is 295 g/mol. The van der Waals surface area contributed by atoms with Gasteiger partial charge in [0, 0.05) is 24.6 Å². The molecule has 0 saturated heterocycles. The smallest absolute Gasteiger partial charge is 0.255 e. The molecule has 1 amide bonds. The van der Waals surface area contributed by atoms with Crippen LogP contribution < -0.4 is 14.8 Å². The molecule has 0 heterocycles. The fourth-order valence-electron chi connectivity index (χ4n) is 2.67. The predicted octanol–water partition coefficient (Wildman–Crippen LogP) is 0.565. The summed E-state index contributed by atoms with van der Waals surface area (Å²) in [6.45, 7) is -0.0700. The topological polar surface area (TPSA) is 88.0 Å². The second kappa shape index (κ2) is 6.78. The fraction of sp³-hybridized carbons (Fsp3) is 0.533. The molecule has 0 aromatic heterocycles. The van der Waals surface area contributed by atoms with E-state index in [9.17, 15) is 9.90 Å². The molecule has 0 radical (unpaired) electrons. The molecule has 6 nitrogen and oxygen atoms in total. The highest BCUT2D eigenvalue weighted by Crippen LogP contribution is 2.28. The van der Waals surface area contributed by atoms with Gasteiger partial charge in [-0.15, -0.1) is 0 Å². The van der Waals surface area contributed by atoms with E-state index < -0.39 is 6.10 Å². The number of methoxy groups -OCH3 is 2. The SMILES string of the molecule is COc1ccc(C(=O)N[C@@H]2C[C@H](CO)[C@H](O)C2)c(OC)c1. The zero-order valence-corrected chi connectivity index (χ0v) is 12.2. The molecule has 3 atom stereocenters. The molecule has 0 bridgehead atoms. The standard InChI is InChI=1S/C15H21NO5/c1-20-11-3-4-12(14(7-11)21-2)15(19)16-10-5-9(8-17)13(18)6-10/h3-4,7,9-10,13,17-18H,5-6,8H2,1-2H3,(H,16,19)/t9-,10-,13-/m1/s1. The van der Waals surface area contributed by atoms with E-state index in [2.05, 4.69) is 5.32 Å². The third-order valence-electron chi connectivity index (χ3n) is 3.88. The highest BCUT2D eigenvalue weighted by Gasteiger charge is 2.33. The number of hydrogen-bond donors (Lipinski definition) is 3. The lowest BCUT2D eigenvalue weighted by atomic mass is 10.1. The summed E-state index contributed by atoms with van der Waals surface area (Å²) in [4.78, 5) is 12.3. The second-order valence-electron chi connectivity index (χ2n) is 5.22. The van der Waals surface area contributed by atoms with Gasteiger partial charge in [-0.2, -0.15) is 0 Å². The Morgan fingerprint density at radius 1 is 1.33 bits per heavy atom. The number of carbonyl (C=O) groups excluding carboxylic acids is 1. The van der Waals surface area contributed by atoms with Gasteiger partial charge in [0.05, 0.1) is 25.9 Å². The van der Waals surface area contributed by atoms with E-state index in [-0.39, 0.29) is 24.5 Å². The van der Waals surface area contributed by atoms with Crippen molar-refractivity contribution in [3.05, 3.63) is 23.8 Å². The van der Waals surface area contributed by atoms with E-state index >= 15 is 0 Å². The van der Waals surface area contributed by atoms with Crippen LogP contribution in [0.5, 0.6) is 11.5 Å². The first-order valence-electron chi connectivity index (χ1n) is 6.90. The van der Waals surface area contributed by atoms with E-state index in [4.69, 9.17) is 14.6 Å². The molecule has 1 aliphatic rings. The quantitative estimate of drug-likeness (QED) is 0.739. The maximum atomic E-state index is 12.3. The Balaban J connectivity index is 2.07. The number of hydrogen-bond acceptors (Lipinski definition) is 5. The molecular weight excluding hydrogens is 274 g/mol. The van der Waals surface area contributed by atoms with Crippen LogP contribution in [0.3, 0.4) is 0 Å². The van der Waals surface area contributed by atoms with Crippen LogP contribution in [0.15, 0.2) is 18.2 Å². The van der Waals surface area contributed by atoms with Crippen molar-refractivity contribution >= 4 is 5.91 Å². The van der Waals surface area contributed by atoms with Crippen molar-refractivity contribution in [3.8, 4) is 11.5 Å². The minimum absolute atomic E-state index is 0.0700. The molecular formula is C15H21NO5. The Morgan fingerprint density at radius 2 is 2.10 bits per heavy atom. The fourth-order valence-corrected chi connectivity index (χ4v) is 2.67. The molecule has 0 spiro atoms. The van der Waals surface area contributed by atoms with Gasteiger partial charge in [-0.05, 0) is 25.0 Å². The highest BCUT2D eigenvalue weighted by atomic mass is 16.5. The molecule has 1 fully saturated rings. The Bertz CT molecular complexity index is 505. The van der Waals surface area contributed by atoms with Gasteiger partial charge in [-0.1, -0.05) is 0 Å². The van der Waals surface area contributed by atoms with Crippen molar-refractivity contribution in [2.45, 2.75) is 25.0 Å². The molecule has 3 N–H and O–H groups in total. The van der Waals surface area contributed by atoms with Gasteiger partial charge in [-0.25, -0.2) is 0 Å². The van der Waals surface area contributed by atoms with Crippen molar-refractivity contribution in [3.63, 3.8) is 0 Å². The van der Waals surface area contributed by atoms with Crippen molar-refractivity contribution in [2.75, 3.05) is 20.8 Å². The molecule has 1 aliphatic carbocycles. The minimum Gasteiger partial charge on any atom is -0.497 e. The first kappa shape index (κ1) is 15.6. The number of aliphatic hydroxyl groups excluding tert-OH is 2. The van der Waals surface area contributed by atoms with Gasteiger partial charge in [0.1, 0.15) is 11.5 Å². The Hall–Kier alpha value is -1.79. The van der Waals surface area contributed by atoms with Crippen LogP contribution in [0, 0.1) is 5.92 Å². The summed E-state index contributed by atoms with van der Waals surface area (Å²) in [6, 6.07) is 4.84. The van der Waals surface area contributed by atoms with Crippen LogP contribution in [0.1, 0.15) is 23.2 Å². The number of ether oxygens (including phenoxy) is 2. The van der Waals surface area contributed by atoms with E-state index in [1.165, 1.54) is 7.11 Å². The molecule has 21 heavy (non-hydrogen) atoms. The summed E-state index contributed by atoms with van der Waals surface area (Å²) in [5.74, 6) is 0.613. The first-order chi connectivity index (χ1) is 10.1. The number of benzene rings is 1.